The van der Waals surface area contributed by atoms with E-state index in [9.17, 15) is 0 Å². The molecule has 2 aliphatic rings. The molecule has 0 radical (unpaired) electrons. The van der Waals surface area contributed by atoms with Crippen LogP contribution in [0.5, 0.6) is 0 Å². The van der Waals surface area contributed by atoms with Crippen molar-refractivity contribution >= 4 is 0 Å². The first-order valence-electron chi connectivity index (χ1n) is 7.72. The van der Waals surface area contributed by atoms with Crippen LogP contribution < -0.4 is 0 Å². The average Bonchev–Trinajstić information content (AvgIpc) is 2.75. The Labute approximate surface area is 107 Å². The minimum atomic E-state index is 0.450. The smallest absolute Gasteiger partial charge is 0.00995 e. The zero-order valence-corrected chi connectivity index (χ0v) is 11.7. The Bertz CT molecular complexity index is 283. The Balaban J connectivity index is 2.13. The molecule has 0 saturated heterocycles. The van der Waals surface area contributed by atoms with E-state index in [2.05, 4.69) is 32.1 Å². The average molecular weight is 232 g/mol. The molecule has 0 nitrogen and oxygen atoms in total. The van der Waals surface area contributed by atoms with Crippen molar-refractivity contribution in [1.29, 1.82) is 0 Å². The van der Waals surface area contributed by atoms with E-state index in [0.29, 0.717) is 5.41 Å². The van der Waals surface area contributed by atoms with Gasteiger partial charge in [-0.05, 0) is 31.6 Å². The maximum absolute atomic E-state index is 2.52. The van der Waals surface area contributed by atoms with Crippen molar-refractivity contribution < 1.29 is 0 Å². The number of rotatable bonds is 5. The Morgan fingerprint density at radius 3 is 2.29 bits per heavy atom. The lowest BCUT2D eigenvalue weighted by Crippen LogP contribution is -2.25. The van der Waals surface area contributed by atoms with E-state index in [1.54, 1.807) is 5.57 Å². The van der Waals surface area contributed by atoms with Gasteiger partial charge < -0.3 is 0 Å². The number of hydrogen-bond donors (Lipinski definition) is 0. The Hall–Kier alpha value is -0.520. The SMILES string of the molecule is CCCC1(CCC)C=CC=C1C1CCCCC1. The first kappa shape index (κ1) is 12.9. The minimum Gasteiger partial charge on any atom is -0.0742 e. The Kier molecular flexibility index (Phi) is 4.48. The third-order valence-electron chi connectivity index (χ3n) is 4.70. The molecule has 17 heavy (non-hydrogen) atoms. The highest BCUT2D eigenvalue weighted by molar-refractivity contribution is 5.35. The largest absolute Gasteiger partial charge is 0.0742 e. The van der Waals surface area contributed by atoms with Gasteiger partial charge in [-0.3, -0.25) is 0 Å². The lowest BCUT2D eigenvalue weighted by atomic mass is 9.67. The summed E-state index contributed by atoms with van der Waals surface area (Å²) in [5, 5.41) is 0. The van der Waals surface area contributed by atoms with Gasteiger partial charge in [-0.25, -0.2) is 0 Å². The third-order valence-corrected chi connectivity index (χ3v) is 4.70. The Morgan fingerprint density at radius 1 is 1.06 bits per heavy atom. The molecule has 1 saturated carbocycles. The normalized spacial score (nSPS) is 24.0. The van der Waals surface area contributed by atoms with Gasteiger partial charge in [-0.15, -0.1) is 0 Å². The molecule has 0 aromatic carbocycles. The maximum Gasteiger partial charge on any atom is 0.00995 e. The van der Waals surface area contributed by atoms with E-state index >= 15 is 0 Å². The van der Waals surface area contributed by atoms with E-state index in [-0.39, 0.29) is 0 Å². The van der Waals surface area contributed by atoms with Crippen molar-refractivity contribution in [1.82, 2.24) is 0 Å². The molecular weight excluding hydrogens is 204 g/mol. The fraction of sp³-hybridized carbons (Fsp3) is 0.765. The molecule has 1 fully saturated rings. The summed E-state index contributed by atoms with van der Waals surface area (Å²) in [5.41, 5.74) is 2.24. The van der Waals surface area contributed by atoms with Gasteiger partial charge in [0.05, 0.1) is 0 Å². The molecule has 0 aliphatic heterocycles. The monoisotopic (exact) mass is 232 g/mol. The van der Waals surface area contributed by atoms with Crippen molar-refractivity contribution in [3.63, 3.8) is 0 Å². The zero-order chi connectivity index (χ0) is 12.1. The quantitative estimate of drug-likeness (QED) is 0.574. The molecule has 0 bridgehead atoms. The van der Waals surface area contributed by atoms with Gasteiger partial charge in [0.1, 0.15) is 0 Å². The molecular formula is C17H28. The van der Waals surface area contributed by atoms with Gasteiger partial charge in [0.25, 0.3) is 0 Å². The van der Waals surface area contributed by atoms with Crippen molar-refractivity contribution in [3.8, 4) is 0 Å². The van der Waals surface area contributed by atoms with Crippen LogP contribution in [0.2, 0.25) is 0 Å². The van der Waals surface area contributed by atoms with Gasteiger partial charge >= 0.3 is 0 Å². The van der Waals surface area contributed by atoms with E-state index in [4.69, 9.17) is 0 Å². The highest BCUT2D eigenvalue weighted by atomic mass is 14.4. The van der Waals surface area contributed by atoms with Crippen LogP contribution in [0.25, 0.3) is 0 Å². The first-order valence-corrected chi connectivity index (χ1v) is 7.72. The predicted octanol–water partition coefficient (Wildman–Crippen LogP) is 5.65. The fourth-order valence-corrected chi connectivity index (χ4v) is 4.03. The summed E-state index contributed by atoms with van der Waals surface area (Å²) in [4.78, 5) is 0. The molecule has 0 heterocycles. The molecule has 2 aliphatic carbocycles. The summed E-state index contributed by atoms with van der Waals surface area (Å²) < 4.78 is 0. The van der Waals surface area contributed by atoms with Crippen LogP contribution in [-0.4, -0.2) is 0 Å². The predicted molar refractivity (Wildman–Crippen MR) is 76.0 cm³/mol. The fourth-order valence-electron chi connectivity index (χ4n) is 4.03. The second-order valence-corrected chi connectivity index (χ2v) is 5.97. The molecule has 0 unspecified atom stereocenters. The topological polar surface area (TPSA) is 0 Å². The third kappa shape index (κ3) is 2.67. The van der Waals surface area contributed by atoms with Gasteiger partial charge in [0.15, 0.2) is 0 Å². The molecule has 0 atom stereocenters. The summed E-state index contributed by atoms with van der Waals surface area (Å²) in [5.74, 6) is 0.900. The van der Waals surface area contributed by atoms with E-state index in [1.807, 2.05) is 0 Å². The molecule has 0 spiro atoms. The Morgan fingerprint density at radius 2 is 1.71 bits per heavy atom. The van der Waals surface area contributed by atoms with Crippen LogP contribution in [0.3, 0.4) is 0 Å². The van der Waals surface area contributed by atoms with Crippen LogP contribution in [-0.2, 0) is 0 Å². The molecule has 0 heteroatoms. The standard InChI is InChI=1S/C17H28/c1-3-12-17(13-4-2)14-8-11-16(17)15-9-6-5-7-10-15/h8,11,14-15H,3-7,9-10,12-13H2,1-2H3. The molecule has 96 valence electrons. The van der Waals surface area contributed by atoms with E-state index in [1.165, 1.54) is 57.8 Å². The van der Waals surface area contributed by atoms with Gasteiger partial charge in [-0.2, -0.15) is 0 Å². The summed E-state index contributed by atoms with van der Waals surface area (Å²) in [6.07, 6.45) is 19.9. The van der Waals surface area contributed by atoms with Crippen LogP contribution in [0.4, 0.5) is 0 Å². The molecule has 0 aromatic heterocycles. The summed E-state index contributed by atoms with van der Waals surface area (Å²) in [7, 11) is 0. The van der Waals surface area contributed by atoms with Crippen molar-refractivity contribution in [2.24, 2.45) is 11.3 Å². The van der Waals surface area contributed by atoms with Gasteiger partial charge in [0, 0.05) is 5.41 Å². The van der Waals surface area contributed by atoms with Crippen LogP contribution in [0.15, 0.2) is 23.8 Å². The van der Waals surface area contributed by atoms with E-state index in [0.717, 1.165) is 5.92 Å². The zero-order valence-electron chi connectivity index (χ0n) is 11.7. The second-order valence-electron chi connectivity index (χ2n) is 5.97. The van der Waals surface area contributed by atoms with Crippen LogP contribution >= 0.6 is 0 Å². The van der Waals surface area contributed by atoms with Gasteiger partial charge in [-0.1, -0.05) is 69.8 Å². The minimum absolute atomic E-state index is 0.450. The first-order chi connectivity index (χ1) is 8.32. The molecule has 0 aromatic rings. The second kappa shape index (κ2) is 5.89. The number of allylic oxidation sites excluding steroid dienone is 4. The summed E-state index contributed by atoms with van der Waals surface area (Å²) >= 11 is 0. The van der Waals surface area contributed by atoms with Crippen molar-refractivity contribution in [3.05, 3.63) is 23.8 Å². The number of hydrogen-bond acceptors (Lipinski definition) is 0. The van der Waals surface area contributed by atoms with Crippen molar-refractivity contribution in [2.45, 2.75) is 71.6 Å². The lowest BCUT2D eigenvalue weighted by molar-refractivity contribution is 0.302. The molecule has 2 rings (SSSR count). The van der Waals surface area contributed by atoms with Crippen LogP contribution in [0.1, 0.15) is 71.6 Å². The van der Waals surface area contributed by atoms with E-state index < -0.39 is 0 Å². The van der Waals surface area contributed by atoms with Gasteiger partial charge in [0.2, 0.25) is 0 Å². The van der Waals surface area contributed by atoms with Crippen molar-refractivity contribution in [2.75, 3.05) is 0 Å². The lowest BCUT2D eigenvalue weighted by Gasteiger charge is -2.37. The highest BCUT2D eigenvalue weighted by Crippen LogP contribution is 2.49. The summed E-state index contributed by atoms with van der Waals surface area (Å²) in [6.45, 7) is 4.67. The highest BCUT2D eigenvalue weighted by Gasteiger charge is 2.36. The maximum atomic E-state index is 2.52. The summed E-state index contributed by atoms with van der Waals surface area (Å²) in [6, 6.07) is 0. The van der Waals surface area contributed by atoms with Crippen LogP contribution in [0, 0.1) is 11.3 Å². The molecule has 0 N–H and O–H groups in total. The molecule has 0 amide bonds.